The molecule has 0 saturated heterocycles. The maximum Gasteiger partial charge on any atom is 0.0901 e. The molecule has 0 aliphatic heterocycles. The van der Waals surface area contributed by atoms with Crippen molar-refractivity contribution < 1.29 is 4.74 Å². The molecule has 3 aromatic rings. The topological polar surface area (TPSA) is 21.3 Å². The molecule has 0 unspecified atom stereocenters. The maximum absolute atomic E-state index is 5.88. The lowest BCUT2D eigenvalue weighted by Gasteiger charge is -2.27. The van der Waals surface area contributed by atoms with Crippen molar-refractivity contribution in [2.45, 2.75) is 12.0 Å². The lowest BCUT2D eigenvalue weighted by Crippen LogP contribution is -2.24. The lowest BCUT2D eigenvalue weighted by atomic mass is 9.87. The highest BCUT2D eigenvalue weighted by molar-refractivity contribution is 5.83. The molecule has 0 fully saturated rings. The average Bonchev–Trinajstić information content (AvgIpc) is 2.62. The van der Waals surface area contributed by atoms with E-state index in [1.807, 2.05) is 13.1 Å². The Balaban J connectivity index is 2.01. The SMILES string of the molecule is CNC[C@@H](c1ccc2ccccc2c1)[C@@H](OC)c1ccccc1. The van der Waals surface area contributed by atoms with Crippen molar-refractivity contribution in [1.82, 2.24) is 5.32 Å². The Labute approximate surface area is 138 Å². The largest absolute Gasteiger partial charge is 0.376 e. The van der Waals surface area contributed by atoms with Gasteiger partial charge in [-0.2, -0.15) is 0 Å². The van der Waals surface area contributed by atoms with Crippen LogP contribution in [0.5, 0.6) is 0 Å². The maximum atomic E-state index is 5.88. The van der Waals surface area contributed by atoms with Crippen LogP contribution in [0.15, 0.2) is 72.8 Å². The van der Waals surface area contributed by atoms with Crippen LogP contribution < -0.4 is 5.32 Å². The third kappa shape index (κ3) is 3.44. The molecule has 2 heteroatoms. The van der Waals surface area contributed by atoms with E-state index >= 15 is 0 Å². The number of benzene rings is 3. The van der Waals surface area contributed by atoms with Crippen LogP contribution in [-0.2, 0) is 4.74 Å². The molecule has 0 heterocycles. The average molecular weight is 305 g/mol. The molecule has 0 saturated carbocycles. The summed E-state index contributed by atoms with van der Waals surface area (Å²) in [7, 11) is 3.78. The molecule has 0 aliphatic carbocycles. The quantitative estimate of drug-likeness (QED) is 0.722. The fourth-order valence-electron chi connectivity index (χ4n) is 3.23. The number of likely N-dealkylation sites (N-methyl/N-ethyl adjacent to an activating group) is 1. The molecule has 3 rings (SSSR count). The van der Waals surface area contributed by atoms with Crippen molar-refractivity contribution in [3.63, 3.8) is 0 Å². The van der Waals surface area contributed by atoms with E-state index < -0.39 is 0 Å². The van der Waals surface area contributed by atoms with Crippen LogP contribution in [0.2, 0.25) is 0 Å². The highest BCUT2D eigenvalue weighted by Gasteiger charge is 2.24. The third-order valence-electron chi connectivity index (χ3n) is 4.37. The van der Waals surface area contributed by atoms with Gasteiger partial charge in [0, 0.05) is 19.6 Å². The second kappa shape index (κ2) is 7.40. The van der Waals surface area contributed by atoms with Crippen LogP contribution in [0.4, 0.5) is 0 Å². The first kappa shape index (κ1) is 15.7. The van der Waals surface area contributed by atoms with Crippen LogP contribution in [0.1, 0.15) is 23.1 Å². The number of fused-ring (bicyclic) bond motifs is 1. The normalized spacial score (nSPS) is 13.8. The van der Waals surface area contributed by atoms with E-state index in [0.717, 1.165) is 6.54 Å². The Morgan fingerprint density at radius 2 is 1.52 bits per heavy atom. The van der Waals surface area contributed by atoms with E-state index in [-0.39, 0.29) is 12.0 Å². The fourth-order valence-corrected chi connectivity index (χ4v) is 3.23. The molecule has 2 atom stereocenters. The molecule has 118 valence electrons. The van der Waals surface area contributed by atoms with Gasteiger partial charge in [0.2, 0.25) is 0 Å². The summed E-state index contributed by atoms with van der Waals surface area (Å²) in [6, 6.07) is 25.6. The summed E-state index contributed by atoms with van der Waals surface area (Å²) < 4.78 is 5.88. The van der Waals surface area contributed by atoms with E-state index in [2.05, 4.69) is 72.0 Å². The second-order valence-electron chi connectivity index (χ2n) is 5.84. The summed E-state index contributed by atoms with van der Waals surface area (Å²) >= 11 is 0. The van der Waals surface area contributed by atoms with Crippen molar-refractivity contribution in [2.24, 2.45) is 0 Å². The van der Waals surface area contributed by atoms with Crippen LogP contribution in [0, 0.1) is 0 Å². The number of rotatable bonds is 6. The standard InChI is InChI=1S/C21H23NO/c1-22-15-20(21(23-2)17-9-4-3-5-10-17)19-13-12-16-8-6-7-11-18(16)14-19/h3-14,20-22H,15H2,1-2H3/t20-,21-/m0/s1. The highest BCUT2D eigenvalue weighted by Crippen LogP contribution is 2.34. The van der Waals surface area contributed by atoms with Gasteiger partial charge < -0.3 is 10.1 Å². The van der Waals surface area contributed by atoms with Gasteiger partial charge in [-0.05, 0) is 28.9 Å². The van der Waals surface area contributed by atoms with Crippen molar-refractivity contribution in [3.05, 3.63) is 83.9 Å². The smallest absolute Gasteiger partial charge is 0.0901 e. The van der Waals surface area contributed by atoms with E-state index in [9.17, 15) is 0 Å². The molecule has 0 spiro atoms. The van der Waals surface area contributed by atoms with Gasteiger partial charge in [0.25, 0.3) is 0 Å². The number of nitrogens with one attached hydrogen (secondary N) is 1. The van der Waals surface area contributed by atoms with Crippen LogP contribution in [-0.4, -0.2) is 20.7 Å². The summed E-state index contributed by atoms with van der Waals surface area (Å²) in [5, 5.41) is 5.86. The van der Waals surface area contributed by atoms with Gasteiger partial charge in [0.1, 0.15) is 0 Å². The zero-order valence-electron chi connectivity index (χ0n) is 13.7. The van der Waals surface area contributed by atoms with Crippen LogP contribution in [0.25, 0.3) is 10.8 Å². The molecule has 0 aliphatic rings. The van der Waals surface area contributed by atoms with Crippen LogP contribution in [0.3, 0.4) is 0 Å². The van der Waals surface area contributed by atoms with Gasteiger partial charge >= 0.3 is 0 Å². The first-order valence-electron chi connectivity index (χ1n) is 8.04. The molecular formula is C21H23NO. The summed E-state index contributed by atoms with van der Waals surface area (Å²) in [5.41, 5.74) is 2.51. The Morgan fingerprint density at radius 3 is 2.22 bits per heavy atom. The number of hydrogen-bond donors (Lipinski definition) is 1. The molecule has 1 N–H and O–H groups in total. The molecule has 0 aromatic heterocycles. The number of ether oxygens (including phenoxy) is 1. The first-order valence-corrected chi connectivity index (χ1v) is 8.04. The van der Waals surface area contributed by atoms with E-state index in [4.69, 9.17) is 4.74 Å². The highest BCUT2D eigenvalue weighted by atomic mass is 16.5. The van der Waals surface area contributed by atoms with Gasteiger partial charge in [0.15, 0.2) is 0 Å². The van der Waals surface area contributed by atoms with Gasteiger partial charge in [-0.15, -0.1) is 0 Å². The molecule has 0 bridgehead atoms. The van der Waals surface area contributed by atoms with Crippen LogP contribution >= 0.6 is 0 Å². The summed E-state index contributed by atoms with van der Waals surface area (Å²) in [5.74, 6) is 0.261. The summed E-state index contributed by atoms with van der Waals surface area (Å²) in [6.07, 6.45) is 0.0322. The fraction of sp³-hybridized carbons (Fsp3) is 0.238. The zero-order chi connectivity index (χ0) is 16.1. The summed E-state index contributed by atoms with van der Waals surface area (Å²) in [4.78, 5) is 0. The van der Waals surface area contributed by atoms with E-state index in [1.165, 1.54) is 21.9 Å². The van der Waals surface area contributed by atoms with Crippen molar-refractivity contribution >= 4 is 10.8 Å². The van der Waals surface area contributed by atoms with Crippen molar-refractivity contribution in [1.29, 1.82) is 0 Å². The van der Waals surface area contributed by atoms with E-state index in [0.29, 0.717) is 0 Å². The molecule has 2 nitrogen and oxygen atoms in total. The minimum absolute atomic E-state index is 0.0322. The Bertz CT molecular complexity index is 754. The number of hydrogen-bond acceptors (Lipinski definition) is 2. The van der Waals surface area contributed by atoms with Crippen molar-refractivity contribution in [2.75, 3.05) is 20.7 Å². The predicted molar refractivity (Wildman–Crippen MR) is 96.8 cm³/mol. The minimum atomic E-state index is 0.0322. The molecule has 3 aromatic carbocycles. The third-order valence-corrected chi connectivity index (χ3v) is 4.37. The molecule has 0 amide bonds. The second-order valence-corrected chi connectivity index (χ2v) is 5.84. The Hall–Kier alpha value is -2.16. The summed E-state index contributed by atoms with van der Waals surface area (Å²) in [6.45, 7) is 0.867. The minimum Gasteiger partial charge on any atom is -0.376 e. The van der Waals surface area contributed by atoms with Gasteiger partial charge in [0.05, 0.1) is 6.10 Å². The van der Waals surface area contributed by atoms with E-state index in [1.54, 1.807) is 7.11 Å². The van der Waals surface area contributed by atoms with Gasteiger partial charge in [-0.25, -0.2) is 0 Å². The van der Waals surface area contributed by atoms with Gasteiger partial charge in [-0.1, -0.05) is 72.8 Å². The lowest BCUT2D eigenvalue weighted by molar-refractivity contribution is 0.0787. The monoisotopic (exact) mass is 305 g/mol. The Kier molecular flexibility index (Phi) is 5.06. The zero-order valence-corrected chi connectivity index (χ0v) is 13.7. The predicted octanol–water partition coefficient (Wildman–Crippen LogP) is 4.53. The Morgan fingerprint density at radius 1 is 0.826 bits per heavy atom. The molecular weight excluding hydrogens is 282 g/mol. The van der Waals surface area contributed by atoms with Crippen molar-refractivity contribution in [3.8, 4) is 0 Å². The molecule has 23 heavy (non-hydrogen) atoms. The molecule has 0 radical (unpaired) electrons. The number of methoxy groups -OCH3 is 1. The van der Waals surface area contributed by atoms with Gasteiger partial charge in [-0.3, -0.25) is 0 Å². The first-order chi connectivity index (χ1) is 11.3.